The number of aromatic nitrogens is 1. The average molecular weight is 285 g/mol. The first-order valence-electron chi connectivity index (χ1n) is 7.19. The van der Waals surface area contributed by atoms with Crippen molar-refractivity contribution in [2.24, 2.45) is 0 Å². The molecule has 1 aliphatic rings. The van der Waals surface area contributed by atoms with Gasteiger partial charge in [0.25, 0.3) is 5.91 Å². The standard InChI is InChI=1S/C16H19N3O2/c1-12-15(13(2)21-17-12)16(20)19-10-8-18(9-11-19)14-6-4-3-5-7-14/h3-7H,8-11H2,1-2H3. The summed E-state index contributed by atoms with van der Waals surface area (Å²) >= 11 is 0. The molecular formula is C16H19N3O2. The van der Waals surface area contributed by atoms with E-state index in [9.17, 15) is 4.79 Å². The first kappa shape index (κ1) is 13.7. The molecule has 0 radical (unpaired) electrons. The molecule has 21 heavy (non-hydrogen) atoms. The zero-order chi connectivity index (χ0) is 14.8. The van der Waals surface area contributed by atoms with Crippen molar-refractivity contribution in [2.75, 3.05) is 31.1 Å². The molecule has 0 N–H and O–H groups in total. The highest BCUT2D eigenvalue weighted by Crippen LogP contribution is 2.19. The van der Waals surface area contributed by atoms with Gasteiger partial charge in [-0.05, 0) is 26.0 Å². The number of benzene rings is 1. The third-order valence-corrected chi connectivity index (χ3v) is 3.94. The summed E-state index contributed by atoms with van der Waals surface area (Å²) in [6.45, 7) is 6.73. The lowest BCUT2D eigenvalue weighted by Crippen LogP contribution is -2.49. The van der Waals surface area contributed by atoms with Gasteiger partial charge < -0.3 is 14.3 Å². The summed E-state index contributed by atoms with van der Waals surface area (Å²) in [5.41, 5.74) is 2.49. The van der Waals surface area contributed by atoms with Crippen LogP contribution in [0.4, 0.5) is 5.69 Å². The van der Waals surface area contributed by atoms with Gasteiger partial charge in [0.2, 0.25) is 0 Å². The maximum Gasteiger partial charge on any atom is 0.259 e. The SMILES string of the molecule is Cc1noc(C)c1C(=O)N1CCN(c2ccccc2)CC1. The minimum Gasteiger partial charge on any atom is -0.368 e. The Balaban J connectivity index is 1.68. The summed E-state index contributed by atoms with van der Waals surface area (Å²) in [5.74, 6) is 0.627. The van der Waals surface area contributed by atoms with Gasteiger partial charge in [0.15, 0.2) is 0 Å². The van der Waals surface area contributed by atoms with Crippen LogP contribution in [0.2, 0.25) is 0 Å². The van der Waals surface area contributed by atoms with Gasteiger partial charge in [-0.25, -0.2) is 0 Å². The fraction of sp³-hybridized carbons (Fsp3) is 0.375. The van der Waals surface area contributed by atoms with Crippen LogP contribution in [0.15, 0.2) is 34.9 Å². The van der Waals surface area contributed by atoms with Gasteiger partial charge in [0.05, 0.1) is 5.69 Å². The molecule has 0 spiro atoms. The maximum atomic E-state index is 12.6. The molecule has 1 aromatic heterocycles. The quantitative estimate of drug-likeness (QED) is 0.849. The van der Waals surface area contributed by atoms with Crippen molar-refractivity contribution in [3.8, 4) is 0 Å². The van der Waals surface area contributed by atoms with Gasteiger partial charge in [0, 0.05) is 31.9 Å². The Morgan fingerprint density at radius 2 is 1.76 bits per heavy atom. The van der Waals surface area contributed by atoms with Crippen LogP contribution >= 0.6 is 0 Å². The Morgan fingerprint density at radius 1 is 1.10 bits per heavy atom. The molecule has 1 saturated heterocycles. The van der Waals surface area contributed by atoms with E-state index >= 15 is 0 Å². The van der Waals surface area contributed by atoms with Crippen molar-refractivity contribution in [3.05, 3.63) is 47.3 Å². The molecular weight excluding hydrogens is 266 g/mol. The highest BCUT2D eigenvalue weighted by atomic mass is 16.5. The van der Waals surface area contributed by atoms with Crippen LogP contribution < -0.4 is 4.90 Å². The molecule has 110 valence electrons. The number of hydrogen-bond acceptors (Lipinski definition) is 4. The molecule has 5 heteroatoms. The first-order chi connectivity index (χ1) is 10.2. The van der Waals surface area contributed by atoms with Crippen molar-refractivity contribution in [3.63, 3.8) is 0 Å². The van der Waals surface area contributed by atoms with E-state index < -0.39 is 0 Å². The van der Waals surface area contributed by atoms with Crippen molar-refractivity contribution in [1.29, 1.82) is 0 Å². The molecule has 2 heterocycles. The number of piperazine rings is 1. The highest BCUT2D eigenvalue weighted by Gasteiger charge is 2.26. The van der Waals surface area contributed by atoms with Crippen LogP contribution in [0.1, 0.15) is 21.8 Å². The van der Waals surface area contributed by atoms with E-state index in [1.165, 1.54) is 5.69 Å². The molecule has 0 unspecified atom stereocenters. The molecule has 0 aliphatic carbocycles. The normalized spacial score (nSPS) is 15.3. The van der Waals surface area contributed by atoms with Gasteiger partial charge in [-0.3, -0.25) is 4.79 Å². The molecule has 1 aliphatic heterocycles. The van der Waals surface area contributed by atoms with Crippen molar-refractivity contribution in [2.45, 2.75) is 13.8 Å². The molecule has 0 bridgehead atoms. The lowest BCUT2D eigenvalue weighted by Gasteiger charge is -2.36. The predicted molar refractivity (Wildman–Crippen MR) is 80.5 cm³/mol. The number of hydrogen-bond donors (Lipinski definition) is 0. The molecule has 5 nitrogen and oxygen atoms in total. The van der Waals surface area contributed by atoms with E-state index in [1.807, 2.05) is 30.0 Å². The van der Waals surface area contributed by atoms with E-state index in [4.69, 9.17) is 4.52 Å². The Labute approximate surface area is 124 Å². The van der Waals surface area contributed by atoms with Gasteiger partial charge in [-0.15, -0.1) is 0 Å². The minimum atomic E-state index is 0.0268. The summed E-state index contributed by atoms with van der Waals surface area (Å²) in [7, 11) is 0. The van der Waals surface area contributed by atoms with Crippen molar-refractivity contribution in [1.82, 2.24) is 10.1 Å². The lowest BCUT2D eigenvalue weighted by atomic mass is 10.1. The molecule has 3 rings (SSSR count). The number of amides is 1. The van der Waals surface area contributed by atoms with Crippen LogP contribution in [0, 0.1) is 13.8 Å². The smallest absolute Gasteiger partial charge is 0.259 e. The van der Waals surface area contributed by atoms with Gasteiger partial charge in [0.1, 0.15) is 11.3 Å². The number of para-hydroxylation sites is 1. The second kappa shape index (κ2) is 5.60. The Kier molecular flexibility index (Phi) is 3.64. The van der Waals surface area contributed by atoms with Crippen LogP contribution in [0.5, 0.6) is 0 Å². The predicted octanol–water partition coefficient (Wildman–Crippen LogP) is 2.25. The Bertz CT molecular complexity index is 609. The van der Waals surface area contributed by atoms with E-state index in [2.05, 4.69) is 22.2 Å². The monoisotopic (exact) mass is 285 g/mol. The highest BCUT2D eigenvalue weighted by molar-refractivity contribution is 5.96. The Hall–Kier alpha value is -2.30. The van der Waals surface area contributed by atoms with E-state index in [0.717, 1.165) is 26.2 Å². The molecule has 1 aromatic carbocycles. The average Bonchev–Trinajstić information content (AvgIpc) is 2.87. The second-order valence-corrected chi connectivity index (χ2v) is 5.31. The van der Waals surface area contributed by atoms with Gasteiger partial charge in [-0.1, -0.05) is 23.4 Å². The second-order valence-electron chi connectivity index (χ2n) is 5.31. The van der Waals surface area contributed by atoms with Gasteiger partial charge in [-0.2, -0.15) is 0 Å². The molecule has 1 fully saturated rings. The third-order valence-electron chi connectivity index (χ3n) is 3.94. The van der Waals surface area contributed by atoms with Crippen LogP contribution in [-0.4, -0.2) is 42.1 Å². The van der Waals surface area contributed by atoms with E-state index in [-0.39, 0.29) is 5.91 Å². The fourth-order valence-electron chi connectivity index (χ4n) is 2.75. The number of carbonyl (C=O) groups is 1. The molecule has 2 aromatic rings. The topological polar surface area (TPSA) is 49.6 Å². The minimum absolute atomic E-state index is 0.0268. The van der Waals surface area contributed by atoms with Crippen LogP contribution in [-0.2, 0) is 0 Å². The third kappa shape index (κ3) is 2.63. The molecule has 1 amide bonds. The first-order valence-corrected chi connectivity index (χ1v) is 7.19. The summed E-state index contributed by atoms with van der Waals surface area (Å²) in [5, 5.41) is 3.86. The molecule has 0 saturated carbocycles. The van der Waals surface area contributed by atoms with Crippen molar-refractivity contribution >= 4 is 11.6 Å². The largest absolute Gasteiger partial charge is 0.368 e. The van der Waals surface area contributed by atoms with Crippen LogP contribution in [0.25, 0.3) is 0 Å². The molecule has 0 atom stereocenters. The summed E-state index contributed by atoms with van der Waals surface area (Å²) < 4.78 is 5.09. The number of aryl methyl sites for hydroxylation is 2. The van der Waals surface area contributed by atoms with Gasteiger partial charge >= 0.3 is 0 Å². The summed E-state index contributed by atoms with van der Waals surface area (Å²) in [6.07, 6.45) is 0. The van der Waals surface area contributed by atoms with Crippen LogP contribution in [0.3, 0.4) is 0 Å². The number of rotatable bonds is 2. The van der Waals surface area contributed by atoms with E-state index in [1.54, 1.807) is 6.92 Å². The lowest BCUT2D eigenvalue weighted by molar-refractivity contribution is 0.0744. The summed E-state index contributed by atoms with van der Waals surface area (Å²) in [4.78, 5) is 16.7. The Morgan fingerprint density at radius 3 is 2.33 bits per heavy atom. The number of nitrogens with zero attached hydrogens (tertiary/aromatic N) is 3. The maximum absolute atomic E-state index is 12.6. The van der Waals surface area contributed by atoms with Crippen molar-refractivity contribution < 1.29 is 9.32 Å². The zero-order valence-corrected chi connectivity index (χ0v) is 12.4. The number of carbonyl (C=O) groups excluding carboxylic acids is 1. The summed E-state index contributed by atoms with van der Waals surface area (Å²) in [6, 6.07) is 10.3. The number of anilines is 1. The zero-order valence-electron chi connectivity index (χ0n) is 12.4. The van der Waals surface area contributed by atoms with E-state index in [0.29, 0.717) is 17.0 Å². The fourth-order valence-corrected chi connectivity index (χ4v) is 2.75.